The zero-order valence-electron chi connectivity index (χ0n) is 15.6. The number of ether oxygens (including phenoxy) is 1. The van der Waals surface area contributed by atoms with Crippen molar-refractivity contribution in [1.29, 1.82) is 0 Å². The number of nitrogens with zero attached hydrogens (tertiary/aromatic N) is 2. The van der Waals surface area contributed by atoms with Crippen LogP contribution in [-0.4, -0.2) is 62.8 Å². The molecule has 1 N–H and O–H groups in total. The van der Waals surface area contributed by atoms with Crippen LogP contribution in [0, 0.1) is 6.92 Å². The van der Waals surface area contributed by atoms with Gasteiger partial charge in [-0.15, -0.1) is 0 Å². The van der Waals surface area contributed by atoms with Crippen LogP contribution in [0.3, 0.4) is 0 Å². The minimum absolute atomic E-state index is 0.0556. The van der Waals surface area contributed by atoms with E-state index in [0.717, 1.165) is 69.2 Å². The first-order valence-corrected chi connectivity index (χ1v) is 9.60. The van der Waals surface area contributed by atoms with Crippen molar-refractivity contribution in [3.05, 3.63) is 29.3 Å². The van der Waals surface area contributed by atoms with E-state index in [9.17, 15) is 4.79 Å². The number of benzene rings is 1. The van der Waals surface area contributed by atoms with Crippen molar-refractivity contribution in [2.24, 2.45) is 0 Å². The largest absolute Gasteiger partial charge is 0.379 e. The molecule has 1 amide bonds. The van der Waals surface area contributed by atoms with Crippen molar-refractivity contribution in [2.75, 3.05) is 50.8 Å². The average molecular weight is 345 g/mol. The van der Waals surface area contributed by atoms with Crippen LogP contribution in [0.4, 0.5) is 5.69 Å². The molecule has 2 saturated heterocycles. The lowest BCUT2D eigenvalue weighted by molar-refractivity contribution is 0.0363. The van der Waals surface area contributed by atoms with Crippen LogP contribution in [0.1, 0.15) is 42.1 Å². The zero-order valence-corrected chi connectivity index (χ0v) is 15.6. The Hall–Kier alpha value is -1.59. The van der Waals surface area contributed by atoms with Gasteiger partial charge in [-0.25, -0.2) is 0 Å². The molecule has 1 atom stereocenters. The van der Waals surface area contributed by atoms with Crippen molar-refractivity contribution >= 4 is 11.6 Å². The number of hydrogen-bond acceptors (Lipinski definition) is 4. The average Bonchev–Trinajstić information content (AvgIpc) is 3.15. The highest BCUT2D eigenvalue weighted by molar-refractivity contribution is 6.00. The van der Waals surface area contributed by atoms with Crippen LogP contribution in [0.15, 0.2) is 18.2 Å². The topological polar surface area (TPSA) is 44.8 Å². The fourth-order valence-electron chi connectivity index (χ4n) is 3.64. The third kappa shape index (κ3) is 4.95. The van der Waals surface area contributed by atoms with E-state index >= 15 is 0 Å². The van der Waals surface area contributed by atoms with E-state index in [-0.39, 0.29) is 11.9 Å². The molecule has 25 heavy (non-hydrogen) atoms. The van der Waals surface area contributed by atoms with Crippen LogP contribution in [-0.2, 0) is 4.74 Å². The van der Waals surface area contributed by atoms with Gasteiger partial charge in [-0.05, 0) is 45.2 Å². The Labute approximate surface area is 151 Å². The minimum Gasteiger partial charge on any atom is -0.379 e. The molecule has 0 saturated carbocycles. The Kier molecular flexibility index (Phi) is 6.32. The number of hydrogen-bond donors (Lipinski definition) is 1. The van der Waals surface area contributed by atoms with E-state index in [2.05, 4.69) is 34.2 Å². The first kappa shape index (κ1) is 18.2. The summed E-state index contributed by atoms with van der Waals surface area (Å²) >= 11 is 0. The molecule has 0 bridgehead atoms. The zero-order chi connectivity index (χ0) is 17.6. The van der Waals surface area contributed by atoms with Crippen LogP contribution in [0.2, 0.25) is 0 Å². The summed E-state index contributed by atoms with van der Waals surface area (Å²) in [4.78, 5) is 17.6. The molecule has 0 aliphatic carbocycles. The second kappa shape index (κ2) is 8.68. The van der Waals surface area contributed by atoms with E-state index < -0.39 is 0 Å². The number of amides is 1. The maximum absolute atomic E-state index is 12.9. The van der Waals surface area contributed by atoms with Crippen LogP contribution in [0.5, 0.6) is 0 Å². The third-order valence-electron chi connectivity index (χ3n) is 5.20. The normalized spacial score (nSPS) is 19.8. The highest BCUT2D eigenvalue weighted by Gasteiger charge is 2.21. The number of carbonyl (C=O) groups excluding carboxylic acids is 1. The van der Waals surface area contributed by atoms with E-state index in [1.807, 2.05) is 13.0 Å². The molecule has 0 aromatic heterocycles. The molecule has 2 aliphatic rings. The molecule has 5 heteroatoms. The lowest BCUT2D eigenvalue weighted by atomic mass is 10.1. The summed E-state index contributed by atoms with van der Waals surface area (Å²) in [5, 5.41) is 3.20. The number of anilines is 1. The number of morpholine rings is 1. The van der Waals surface area contributed by atoms with Gasteiger partial charge in [-0.1, -0.05) is 11.6 Å². The van der Waals surface area contributed by atoms with Gasteiger partial charge in [0.1, 0.15) is 0 Å². The van der Waals surface area contributed by atoms with E-state index in [0.29, 0.717) is 0 Å². The Balaban J connectivity index is 1.59. The number of aryl methyl sites for hydroxylation is 1. The molecule has 3 rings (SSSR count). The summed E-state index contributed by atoms with van der Waals surface area (Å²) < 4.78 is 5.39. The molecule has 1 aromatic carbocycles. The SMILES string of the molecule is Cc1ccc(N2CCCC2)c(C(=O)NC(C)CCN2CCOCC2)c1. The highest BCUT2D eigenvalue weighted by Crippen LogP contribution is 2.25. The lowest BCUT2D eigenvalue weighted by Gasteiger charge is -2.28. The van der Waals surface area contributed by atoms with Gasteiger partial charge in [-0.2, -0.15) is 0 Å². The quantitative estimate of drug-likeness (QED) is 0.860. The molecule has 2 heterocycles. The molecule has 2 aliphatic heterocycles. The van der Waals surface area contributed by atoms with E-state index in [4.69, 9.17) is 4.74 Å². The maximum atomic E-state index is 12.9. The molecule has 0 spiro atoms. The van der Waals surface area contributed by atoms with E-state index in [1.54, 1.807) is 0 Å². The smallest absolute Gasteiger partial charge is 0.253 e. The Morgan fingerprint density at radius 1 is 1.20 bits per heavy atom. The maximum Gasteiger partial charge on any atom is 0.253 e. The predicted octanol–water partition coefficient (Wildman–Crippen LogP) is 2.44. The van der Waals surface area contributed by atoms with Gasteiger partial charge in [-0.3, -0.25) is 9.69 Å². The molecule has 1 aromatic rings. The molecule has 138 valence electrons. The summed E-state index contributed by atoms with van der Waals surface area (Å²) in [5.74, 6) is 0.0556. The van der Waals surface area contributed by atoms with Crippen molar-refractivity contribution in [2.45, 2.75) is 39.2 Å². The number of rotatable bonds is 6. The summed E-state index contributed by atoms with van der Waals surface area (Å²) in [5.41, 5.74) is 3.04. The summed E-state index contributed by atoms with van der Waals surface area (Å²) in [6, 6.07) is 6.40. The molecular weight excluding hydrogens is 314 g/mol. The van der Waals surface area contributed by atoms with Crippen molar-refractivity contribution in [3.8, 4) is 0 Å². The molecule has 2 fully saturated rings. The number of carbonyl (C=O) groups is 1. The number of nitrogens with one attached hydrogen (secondary N) is 1. The van der Waals surface area contributed by atoms with Gasteiger partial charge in [0, 0.05) is 44.5 Å². The highest BCUT2D eigenvalue weighted by atomic mass is 16.5. The summed E-state index contributed by atoms with van der Waals surface area (Å²) in [6.45, 7) is 10.9. The van der Waals surface area contributed by atoms with E-state index in [1.165, 1.54) is 12.8 Å². The molecular formula is C20H31N3O2. The molecule has 1 unspecified atom stereocenters. The van der Waals surface area contributed by atoms with Gasteiger partial charge in [0.05, 0.1) is 18.8 Å². The Bertz CT molecular complexity index is 578. The second-order valence-electron chi connectivity index (χ2n) is 7.33. The fraction of sp³-hybridized carbons (Fsp3) is 0.650. The Morgan fingerprint density at radius 3 is 2.64 bits per heavy atom. The second-order valence-corrected chi connectivity index (χ2v) is 7.33. The predicted molar refractivity (Wildman–Crippen MR) is 101 cm³/mol. The van der Waals surface area contributed by atoms with Gasteiger partial charge >= 0.3 is 0 Å². The summed E-state index contributed by atoms with van der Waals surface area (Å²) in [7, 11) is 0. The standard InChI is InChI=1S/C20H31N3O2/c1-16-5-6-19(23-8-3-4-9-23)18(15-16)20(24)21-17(2)7-10-22-11-13-25-14-12-22/h5-6,15,17H,3-4,7-14H2,1-2H3,(H,21,24). The third-order valence-corrected chi connectivity index (χ3v) is 5.20. The van der Waals surface area contributed by atoms with Gasteiger partial charge < -0.3 is 15.0 Å². The van der Waals surface area contributed by atoms with Crippen LogP contribution < -0.4 is 10.2 Å². The van der Waals surface area contributed by atoms with Gasteiger partial charge in [0.15, 0.2) is 0 Å². The van der Waals surface area contributed by atoms with Crippen molar-refractivity contribution in [3.63, 3.8) is 0 Å². The monoisotopic (exact) mass is 345 g/mol. The molecule has 0 radical (unpaired) electrons. The minimum atomic E-state index is 0.0556. The van der Waals surface area contributed by atoms with Crippen molar-refractivity contribution in [1.82, 2.24) is 10.2 Å². The molecule has 5 nitrogen and oxygen atoms in total. The Morgan fingerprint density at radius 2 is 1.92 bits per heavy atom. The van der Waals surface area contributed by atoms with Crippen LogP contribution >= 0.6 is 0 Å². The fourth-order valence-corrected chi connectivity index (χ4v) is 3.64. The first-order chi connectivity index (χ1) is 12.1. The van der Waals surface area contributed by atoms with Gasteiger partial charge in [0.25, 0.3) is 5.91 Å². The van der Waals surface area contributed by atoms with Crippen LogP contribution in [0.25, 0.3) is 0 Å². The lowest BCUT2D eigenvalue weighted by Crippen LogP contribution is -2.40. The van der Waals surface area contributed by atoms with Gasteiger partial charge in [0.2, 0.25) is 0 Å². The van der Waals surface area contributed by atoms with Crippen molar-refractivity contribution < 1.29 is 9.53 Å². The summed E-state index contributed by atoms with van der Waals surface area (Å²) in [6.07, 6.45) is 3.40. The first-order valence-electron chi connectivity index (χ1n) is 9.60.